The molecular formula is C63H85BFN2S. The Morgan fingerprint density at radius 1 is 0.824 bits per heavy atom. The van der Waals surface area contributed by atoms with Gasteiger partial charge in [-0.2, -0.15) is 0 Å². The lowest BCUT2D eigenvalue weighted by molar-refractivity contribution is 0.241. The van der Waals surface area contributed by atoms with Crippen molar-refractivity contribution in [1.29, 1.82) is 0 Å². The van der Waals surface area contributed by atoms with Gasteiger partial charge in [-0.15, -0.1) is 11.3 Å². The van der Waals surface area contributed by atoms with Crippen LogP contribution in [0.4, 0.5) is 10.1 Å². The minimum Gasteiger partial charge on any atom is -0.362 e. The largest absolute Gasteiger partial charge is 0.362 e. The molecule has 0 saturated carbocycles. The Morgan fingerprint density at radius 2 is 1.46 bits per heavy atom. The van der Waals surface area contributed by atoms with E-state index in [0.717, 1.165) is 49.1 Å². The van der Waals surface area contributed by atoms with Crippen molar-refractivity contribution in [2.45, 2.75) is 177 Å². The van der Waals surface area contributed by atoms with E-state index in [4.69, 9.17) is 0 Å². The van der Waals surface area contributed by atoms with E-state index < -0.39 is 0 Å². The van der Waals surface area contributed by atoms with Gasteiger partial charge in [-0.3, -0.25) is 0 Å². The Kier molecular flexibility index (Phi) is 18.0. The summed E-state index contributed by atoms with van der Waals surface area (Å²) in [4.78, 5) is 2.48. The Bertz CT molecular complexity index is 2490. The van der Waals surface area contributed by atoms with E-state index in [2.05, 4.69) is 186 Å². The second-order valence-corrected chi connectivity index (χ2v) is 24.3. The molecule has 0 bridgehead atoms. The number of fused-ring (bicyclic) bond motifs is 2. The Hall–Kier alpha value is -4.35. The van der Waals surface area contributed by atoms with Crippen LogP contribution in [0.15, 0.2) is 127 Å². The van der Waals surface area contributed by atoms with E-state index in [0.29, 0.717) is 23.9 Å². The summed E-state index contributed by atoms with van der Waals surface area (Å²) in [6.07, 6.45) is 31.4. The highest BCUT2D eigenvalue weighted by atomic mass is 32.1. The van der Waals surface area contributed by atoms with E-state index in [1.165, 1.54) is 87.6 Å². The first kappa shape index (κ1) is 53.0. The fourth-order valence-electron chi connectivity index (χ4n) is 10.1. The lowest BCUT2D eigenvalue weighted by Crippen LogP contribution is -2.34. The van der Waals surface area contributed by atoms with Gasteiger partial charge in [-0.1, -0.05) is 188 Å². The van der Waals surface area contributed by atoms with Gasteiger partial charge in [-0.25, -0.2) is 4.39 Å². The van der Waals surface area contributed by atoms with Gasteiger partial charge in [0.2, 0.25) is 7.28 Å². The van der Waals surface area contributed by atoms with E-state index in [9.17, 15) is 0 Å². The number of anilines is 1. The van der Waals surface area contributed by atoms with E-state index in [1.807, 2.05) is 29.5 Å². The van der Waals surface area contributed by atoms with Gasteiger partial charge in [0.25, 0.3) is 0 Å². The van der Waals surface area contributed by atoms with Crippen LogP contribution in [0.5, 0.6) is 0 Å². The Morgan fingerprint density at radius 3 is 2.10 bits per heavy atom. The van der Waals surface area contributed by atoms with Crippen molar-refractivity contribution >= 4 is 50.2 Å². The maximum absolute atomic E-state index is 15.8. The molecule has 363 valence electrons. The molecule has 3 aromatic carbocycles. The normalized spacial score (nSPS) is 20.5. The topological polar surface area (TPSA) is 15.3 Å². The van der Waals surface area contributed by atoms with E-state index in [-0.39, 0.29) is 27.5 Å². The van der Waals surface area contributed by atoms with Gasteiger partial charge in [0.1, 0.15) is 5.82 Å². The second-order valence-electron chi connectivity index (χ2n) is 23.2. The number of nitrogens with zero attached hydrogens (tertiary/aromatic N) is 1. The summed E-state index contributed by atoms with van der Waals surface area (Å²) >= 11 is 1.91. The number of unbranched alkanes of at least 4 members (excludes halogenated alkanes) is 2. The summed E-state index contributed by atoms with van der Waals surface area (Å²) in [5.41, 5.74) is 10.7. The minimum atomic E-state index is -0.198. The quantitative estimate of drug-likeness (QED) is 0.0744. The number of hydrogen-bond donors (Lipinski definition) is 1. The van der Waals surface area contributed by atoms with Gasteiger partial charge in [0.05, 0.1) is 5.69 Å². The molecule has 2 unspecified atom stereocenters. The van der Waals surface area contributed by atoms with Crippen molar-refractivity contribution in [3.63, 3.8) is 0 Å². The third-order valence-corrected chi connectivity index (χ3v) is 16.3. The number of benzene rings is 3. The molecule has 2 aliphatic rings. The minimum absolute atomic E-state index is 0.0615. The highest BCUT2D eigenvalue weighted by Gasteiger charge is 2.38. The van der Waals surface area contributed by atoms with Crippen LogP contribution in [-0.4, -0.2) is 13.8 Å². The number of nitrogens with one attached hydrogen (secondary N) is 1. The molecule has 0 saturated heterocycles. The summed E-state index contributed by atoms with van der Waals surface area (Å²) in [6, 6.07) is 21.6. The molecule has 68 heavy (non-hydrogen) atoms. The molecule has 1 aromatic heterocycles. The molecular weight excluding hydrogens is 847 g/mol. The predicted octanol–water partition coefficient (Wildman–Crippen LogP) is 17.3. The summed E-state index contributed by atoms with van der Waals surface area (Å²) < 4.78 is 18.3. The Balaban J connectivity index is 1.49. The summed E-state index contributed by atoms with van der Waals surface area (Å²) in [6.45, 7) is 33.4. The summed E-state index contributed by atoms with van der Waals surface area (Å²) in [5, 5.41) is 5.03. The van der Waals surface area contributed by atoms with Crippen molar-refractivity contribution in [3.8, 4) is 0 Å². The molecule has 1 heterocycles. The van der Waals surface area contributed by atoms with Crippen LogP contribution in [0.2, 0.25) is 0 Å². The lowest BCUT2D eigenvalue weighted by atomic mass is 9.63. The number of rotatable bonds is 19. The lowest BCUT2D eigenvalue weighted by Gasteiger charge is -2.42. The Labute approximate surface area is 418 Å². The molecule has 2 aliphatic carbocycles. The first-order chi connectivity index (χ1) is 32.3. The summed E-state index contributed by atoms with van der Waals surface area (Å²) in [7, 11) is 2.41. The van der Waals surface area contributed by atoms with Crippen molar-refractivity contribution < 1.29 is 4.39 Å². The highest BCUT2D eigenvalue weighted by Crippen LogP contribution is 2.49. The molecule has 1 radical (unpaired) electrons. The van der Waals surface area contributed by atoms with Crippen LogP contribution in [0.1, 0.15) is 188 Å². The van der Waals surface area contributed by atoms with Crippen LogP contribution in [0.25, 0.3) is 15.7 Å². The third kappa shape index (κ3) is 13.5. The molecule has 0 amide bonds. The standard InChI is InChI=1S/C63H85BFN2S/c1-14-17-23-45(4)24-21-26-49(16-3)67(42-22-41-66-56-34-36-61(8,9)38-37-60(6,7)35-33-51(56)50-27-19-20-28-55(50)65)58-52-43-53-54(63(12,13)40-39-62(53,10)11)44-57(52)68-59(58)64-48-31-29-47(30-32-48)46(5)25-18-15-2/h16,19-22,24,26-34,41,43-46,66H,3,14-15,17-18,23,25,35-40,42H2,1-2,4-13H3/b24-21+,41-22+,49-26+,51-33-,56-34+. The predicted molar refractivity (Wildman–Crippen MR) is 301 cm³/mol. The molecule has 2 nitrogen and oxygen atoms in total. The maximum Gasteiger partial charge on any atom is 0.208 e. The fourth-order valence-corrected chi connectivity index (χ4v) is 11.3. The van der Waals surface area contributed by atoms with Crippen molar-refractivity contribution in [2.75, 3.05) is 11.4 Å². The van der Waals surface area contributed by atoms with E-state index in [1.54, 1.807) is 12.1 Å². The van der Waals surface area contributed by atoms with Crippen LogP contribution < -0.4 is 20.5 Å². The zero-order valence-electron chi connectivity index (χ0n) is 44.3. The zero-order chi connectivity index (χ0) is 49.3. The molecule has 5 heteroatoms. The van der Waals surface area contributed by atoms with Gasteiger partial charge < -0.3 is 10.2 Å². The average molecular weight is 932 g/mol. The van der Waals surface area contributed by atoms with Gasteiger partial charge in [0, 0.05) is 39.2 Å². The number of hydrogen-bond acceptors (Lipinski definition) is 3. The molecule has 6 rings (SSSR count). The maximum atomic E-state index is 15.8. The molecule has 0 aliphatic heterocycles. The monoisotopic (exact) mass is 932 g/mol. The van der Waals surface area contributed by atoms with Gasteiger partial charge in [0.15, 0.2) is 0 Å². The first-order valence-corrected chi connectivity index (χ1v) is 27.0. The number of allylic oxidation sites excluding steroid dienone is 7. The van der Waals surface area contributed by atoms with Crippen LogP contribution in [0, 0.1) is 22.6 Å². The number of halogens is 1. The molecule has 0 spiro atoms. The molecule has 4 aromatic rings. The van der Waals surface area contributed by atoms with Gasteiger partial charge >= 0.3 is 0 Å². The third-order valence-electron chi connectivity index (χ3n) is 15.3. The van der Waals surface area contributed by atoms with Crippen molar-refractivity contribution in [2.24, 2.45) is 16.7 Å². The average Bonchev–Trinajstić information content (AvgIpc) is 3.65. The van der Waals surface area contributed by atoms with Crippen molar-refractivity contribution in [1.82, 2.24) is 5.32 Å². The van der Waals surface area contributed by atoms with E-state index >= 15 is 4.39 Å². The smallest absolute Gasteiger partial charge is 0.208 e. The SMILES string of the molecule is C=C/C(=C\C=C\C(C)CCCC)N(C/C=C/NC1=C/CC(C)(C)CCC(C)(C)C/C=C\1c1ccccc1F)c1c([B]c2ccc(C(C)CCCC)cc2)sc2cc3c(cc12)C(C)(C)CCC3(C)C. The summed E-state index contributed by atoms with van der Waals surface area (Å²) in [5.74, 6) is 0.832. The molecule has 1 N–H and O–H groups in total. The second kappa shape index (κ2) is 23.0. The fraction of sp³-hybridized carbons (Fsp3) is 0.492. The first-order valence-electron chi connectivity index (χ1n) is 26.2. The zero-order valence-corrected chi connectivity index (χ0v) is 45.1. The van der Waals surface area contributed by atoms with Gasteiger partial charge in [-0.05, 0) is 149 Å². The van der Waals surface area contributed by atoms with Crippen LogP contribution in [-0.2, 0) is 10.8 Å². The van der Waals surface area contributed by atoms with Crippen molar-refractivity contribution in [3.05, 3.63) is 155 Å². The van der Waals surface area contributed by atoms with Crippen LogP contribution >= 0.6 is 11.3 Å². The highest BCUT2D eigenvalue weighted by molar-refractivity contribution is 7.29. The molecule has 0 fully saturated rings. The molecule has 2 atom stereocenters. The number of thiophene rings is 1. The van der Waals surface area contributed by atoms with Crippen LogP contribution in [0.3, 0.4) is 0 Å².